The van der Waals surface area contributed by atoms with Gasteiger partial charge in [-0.15, -0.1) is 0 Å². The zero-order valence-corrected chi connectivity index (χ0v) is 11.8. The molecule has 0 saturated heterocycles. The number of benzene rings is 1. The van der Waals surface area contributed by atoms with E-state index in [2.05, 4.69) is 0 Å². The van der Waals surface area contributed by atoms with Crippen LogP contribution >= 0.6 is 0 Å². The summed E-state index contributed by atoms with van der Waals surface area (Å²) in [6.07, 6.45) is 0.843. The summed E-state index contributed by atoms with van der Waals surface area (Å²) in [7, 11) is 1.35. The summed E-state index contributed by atoms with van der Waals surface area (Å²) in [5.74, 6) is -2.94. The van der Waals surface area contributed by atoms with Crippen LogP contribution < -0.4 is 4.74 Å². The number of hydrogen-bond acceptors (Lipinski definition) is 6. The predicted octanol–water partition coefficient (Wildman–Crippen LogP) is 1.58. The lowest BCUT2D eigenvalue weighted by Crippen LogP contribution is -2.37. The fourth-order valence-electron chi connectivity index (χ4n) is 3.00. The maximum absolute atomic E-state index is 12.5. The standard InChI is InChI=1S/C15H13NO6/c1-22-8-2-3-9(11(6-8)16(20)21)14(18)13-12(17)5-7-4-10(7)15(13)19/h2-3,6-7,10,13H,4-5H2,1H3/t7-,10-,13?/m1/s1. The number of nitro groups is 1. The molecule has 2 aliphatic rings. The second kappa shape index (κ2) is 5.01. The second-order valence-corrected chi connectivity index (χ2v) is 5.61. The normalized spacial score (nSPS) is 26.3. The Labute approximate surface area is 125 Å². The van der Waals surface area contributed by atoms with Crippen LogP contribution in [0.25, 0.3) is 0 Å². The minimum atomic E-state index is -1.39. The topological polar surface area (TPSA) is 104 Å². The van der Waals surface area contributed by atoms with E-state index in [1.54, 1.807) is 0 Å². The number of carbonyl (C=O) groups excluding carboxylic acids is 3. The molecule has 0 N–H and O–H groups in total. The van der Waals surface area contributed by atoms with Crippen molar-refractivity contribution >= 4 is 23.0 Å². The smallest absolute Gasteiger partial charge is 0.283 e. The first-order valence-electron chi connectivity index (χ1n) is 6.87. The molecule has 0 radical (unpaired) electrons. The first-order chi connectivity index (χ1) is 10.4. The van der Waals surface area contributed by atoms with Crippen LogP contribution in [0.2, 0.25) is 0 Å². The van der Waals surface area contributed by atoms with Crippen molar-refractivity contribution in [1.29, 1.82) is 0 Å². The molecule has 0 aliphatic heterocycles. The quantitative estimate of drug-likeness (QED) is 0.362. The van der Waals surface area contributed by atoms with Gasteiger partial charge in [-0.3, -0.25) is 24.5 Å². The second-order valence-electron chi connectivity index (χ2n) is 5.61. The van der Waals surface area contributed by atoms with E-state index in [9.17, 15) is 24.5 Å². The van der Waals surface area contributed by atoms with Crippen molar-refractivity contribution in [1.82, 2.24) is 0 Å². The number of methoxy groups -OCH3 is 1. The third-order valence-corrected chi connectivity index (χ3v) is 4.29. The van der Waals surface area contributed by atoms with E-state index in [1.807, 2.05) is 0 Å². The average molecular weight is 303 g/mol. The molecule has 3 atom stereocenters. The number of rotatable bonds is 4. The molecule has 0 amide bonds. The predicted molar refractivity (Wildman–Crippen MR) is 73.7 cm³/mol. The van der Waals surface area contributed by atoms with Crippen molar-refractivity contribution in [2.45, 2.75) is 12.8 Å². The van der Waals surface area contributed by atoms with Crippen molar-refractivity contribution in [2.24, 2.45) is 17.8 Å². The van der Waals surface area contributed by atoms with Gasteiger partial charge in [-0.05, 0) is 24.5 Å². The van der Waals surface area contributed by atoms with Crippen LogP contribution in [0.3, 0.4) is 0 Å². The summed E-state index contributed by atoms with van der Waals surface area (Å²) in [6.45, 7) is 0. The van der Waals surface area contributed by atoms with Gasteiger partial charge in [0.2, 0.25) is 0 Å². The Bertz CT molecular complexity index is 710. The molecule has 114 valence electrons. The van der Waals surface area contributed by atoms with Gasteiger partial charge in [-0.1, -0.05) is 0 Å². The summed E-state index contributed by atoms with van der Waals surface area (Å²) in [4.78, 5) is 47.1. The summed E-state index contributed by atoms with van der Waals surface area (Å²) in [6, 6.07) is 3.75. The molecular formula is C15H13NO6. The van der Waals surface area contributed by atoms with Crippen LogP contribution in [0.5, 0.6) is 5.75 Å². The van der Waals surface area contributed by atoms with Crippen molar-refractivity contribution in [3.05, 3.63) is 33.9 Å². The van der Waals surface area contributed by atoms with Gasteiger partial charge in [0.05, 0.1) is 23.7 Å². The summed E-state index contributed by atoms with van der Waals surface area (Å²) in [5.41, 5.74) is -0.681. The van der Waals surface area contributed by atoms with Gasteiger partial charge in [0.15, 0.2) is 17.3 Å². The SMILES string of the molecule is COc1ccc(C(=O)C2C(=O)C[C@H]3C[C@H]3C2=O)c([N+](=O)[O-])c1. The zero-order valence-electron chi connectivity index (χ0n) is 11.8. The number of fused-ring (bicyclic) bond motifs is 1. The van der Waals surface area contributed by atoms with Crippen LogP contribution in [-0.2, 0) is 9.59 Å². The maximum atomic E-state index is 12.5. The van der Waals surface area contributed by atoms with Gasteiger partial charge in [-0.25, -0.2) is 0 Å². The van der Waals surface area contributed by atoms with E-state index in [1.165, 1.54) is 19.2 Å². The first-order valence-corrected chi connectivity index (χ1v) is 6.87. The van der Waals surface area contributed by atoms with Crippen molar-refractivity contribution in [3.8, 4) is 5.75 Å². The average Bonchev–Trinajstić information content (AvgIpc) is 3.25. The molecule has 22 heavy (non-hydrogen) atoms. The van der Waals surface area contributed by atoms with Crippen molar-refractivity contribution in [2.75, 3.05) is 7.11 Å². The van der Waals surface area contributed by atoms with E-state index in [0.717, 1.165) is 6.07 Å². The lowest BCUT2D eigenvalue weighted by Gasteiger charge is -2.17. The van der Waals surface area contributed by atoms with E-state index < -0.39 is 33.9 Å². The number of ether oxygens (including phenoxy) is 1. The summed E-state index contributed by atoms with van der Waals surface area (Å²) < 4.78 is 4.90. The summed E-state index contributed by atoms with van der Waals surface area (Å²) >= 11 is 0. The molecule has 3 rings (SSSR count). The lowest BCUT2D eigenvalue weighted by atomic mass is 9.81. The Morgan fingerprint density at radius 3 is 2.73 bits per heavy atom. The van der Waals surface area contributed by atoms with Crippen LogP contribution in [0.15, 0.2) is 18.2 Å². The third kappa shape index (κ3) is 2.18. The largest absolute Gasteiger partial charge is 0.497 e. The Morgan fingerprint density at radius 2 is 2.09 bits per heavy atom. The number of hydrogen-bond donors (Lipinski definition) is 0. The molecule has 0 aromatic heterocycles. The Kier molecular flexibility index (Phi) is 3.27. The monoisotopic (exact) mass is 303 g/mol. The molecule has 2 saturated carbocycles. The van der Waals surface area contributed by atoms with Gasteiger partial charge in [0.25, 0.3) is 5.69 Å². The van der Waals surface area contributed by atoms with Gasteiger partial charge in [-0.2, -0.15) is 0 Å². The van der Waals surface area contributed by atoms with Crippen LogP contribution in [0.4, 0.5) is 5.69 Å². The Hall–Kier alpha value is -2.57. The molecule has 1 aromatic carbocycles. The van der Waals surface area contributed by atoms with Crippen molar-refractivity contribution in [3.63, 3.8) is 0 Å². The first kappa shape index (κ1) is 14.4. The van der Waals surface area contributed by atoms with Crippen LogP contribution in [0.1, 0.15) is 23.2 Å². The molecule has 0 bridgehead atoms. The van der Waals surface area contributed by atoms with E-state index in [4.69, 9.17) is 4.74 Å². The third-order valence-electron chi connectivity index (χ3n) is 4.29. The minimum absolute atomic E-state index is 0.0647. The number of nitrogens with zero attached hydrogens (tertiary/aromatic N) is 1. The van der Waals surface area contributed by atoms with Gasteiger partial charge < -0.3 is 4.74 Å². The highest BCUT2D eigenvalue weighted by molar-refractivity contribution is 6.27. The molecule has 7 heteroatoms. The van der Waals surface area contributed by atoms with E-state index in [0.29, 0.717) is 6.42 Å². The zero-order chi connectivity index (χ0) is 16.0. The molecule has 1 unspecified atom stereocenters. The minimum Gasteiger partial charge on any atom is -0.497 e. The molecule has 1 aromatic rings. The maximum Gasteiger partial charge on any atom is 0.283 e. The molecule has 0 spiro atoms. The van der Waals surface area contributed by atoms with Crippen LogP contribution in [0, 0.1) is 27.9 Å². The molecular weight excluding hydrogens is 290 g/mol. The number of carbonyl (C=O) groups is 3. The number of nitro benzene ring substituents is 1. The van der Waals surface area contributed by atoms with E-state index in [-0.39, 0.29) is 29.6 Å². The Balaban J connectivity index is 1.99. The van der Waals surface area contributed by atoms with Gasteiger partial charge in [0.1, 0.15) is 11.7 Å². The highest BCUT2D eigenvalue weighted by atomic mass is 16.6. The number of ketones is 3. The fraction of sp³-hybridized carbons (Fsp3) is 0.400. The van der Waals surface area contributed by atoms with Gasteiger partial charge >= 0.3 is 0 Å². The lowest BCUT2D eigenvalue weighted by molar-refractivity contribution is -0.385. The van der Waals surface area contributed by atoms with Gasteiger partial charge in [0, 0.05) is 12.3 Å². The summed E-state index contributed by atoms with van der Waals surface area (Å²) in [5, 5.41) is 11.1. The number of Topliss-reactive ketones (excluding diaryl/α,β-unsaturated/α-hetero) is 3. The van der Waals surface area contributed by atoms with Crippen LogP contribution in [-0.4, -0.2) is 29.4 Å². The highest BCUT2D eigenvalue weighted by Gasteiger charge is 2.55. The highest BCUT2D eigenvalue weighted by Crippen LogP contribution is 2.48. The molecule has 7 nitrogen and oxygen atoms in total. The Morgan fingerprint density at radius 1 is 1.36 bits per heavy atom. The van der Waals surface area contributed by atoms with E-state index >= 15 is 0 Å². The fourth-order valence-corrected chi connectivity index (χ4v) is 3.00. The van der Waals surface area contributed by atoms with Crippen molar-refractivity contribution < 1.29 is 24.0 Å². The molecule has 2 fully saturated rings. The molecule has 2 aliphatic carbocycles. The molecule has 0 heterocycles.